The van der Waals surface area contributed by atoms with Crippen molar-refractivity contribution >= 4 is 43.6 Å². The third-order valence-electron chi connectivity index (χ3n) is 7.17. The van der Waals surface area contributed by atoms with Gasteiger partial charge in [-0.25, -0.2) is 27.2 Å². The molecule has 0 aliphatic carbocycles. The van der Waals surface area contributed by atoms with E-state index in [0.717, 1.165) is 10.6 Å². The maximum absolute atomic E-state index is 13.8. The molecule has 0 unspecified atom stereocenters. The zero-order valence-corrected chi connectivity index (χ0v) is 24.3. The fourth-order valence-electron chi connectivity index (χ4n) is 4.90. The fourth-order valence-corrected chi connectivity index (χ4v) is 5.41. The molecule has 10 nitrogen and oxygen atoms in total. The van der Waals surface area contributed by atoms with Crippen molar-refractivity contribution in [2.45, 2.75) is 0 Å². The van der Waals surface area contributed by atoms with Gasteiger partial charge in [0.2, 0.25) is 10.0 Å². The summed E-state index contributed by atoms with van der Waals surface area (Å²) in [5.41, 5.74) is 1.54. The van der Waals surface area contributed by atoms with E-state index in [2.05, 4.69) is 20.3 Å². The van der Waals surface area contributed by atoms with Crippen molar-refractivity contribution in [1.29, 1.82) is 0 Å². The maximum atomic E-state index is 13.8. The Hall–Kier alpha value is -5.43. The molecule has 3 aromatic heterocycles. The molecule has 6 rings (SSSR count). The average Bonchev–Trinajstić information content (AvgIpc) is 3.38. The highest BCUT2D eigenvalue weighted by Gasteiger charge is 2.26. The number of hydrogen-bond donors (Lipinski definition) is 2. The van der Waals surface area contributed by atoms with Crippen LogP contribution in [-0.4, -0.2) is 49.6 Å². The van der Waals surface area contributed by atoms with Crippen LogP contribution >= 0.6 is 0 Å². The molecule has 6 aromatic rings. The number of nitrogens with zero attached hydrogens (tertiary/aromatic N) is 3. The van der Waals surface area contributed by atoms with Crippen molar-refractivity contribution in [3.63, 3.8) is 0 Å². The topological polar surface area (TPSA) is 138 Å². The minimum atomic E-state index is -3.79. The second kappa shape index (κ2) is 10.7. The van der Waals surface area contributed by atoms with Gasteiger partial charge in [-0.1, -0.05) is 12.1 Å². The zero-order valence-electron chi connectivity index (χ0n) is 23.5. The van der Waals surface area contributed by atoms with Crippen LogP contribution in [0.25, 0.3) is 55.8 Å². The molecule has 0 fully saturated rings. The van der Waals surface area contributed by atoms with Crippen molar-refractivity contribution in [2.24, 2.45) is 0 Å². The lowest BCUT2D eigenvalue weighted by Gasteiger charge is -2.20. The van der Waals surface area contributed by atoms with Gasteiger partial charge >= 0.3 is 0 Å². The first kappa shape index (κ1) is 28.7. The molecule has 3 aromatic carbocycles. The second-order valence-electron chi connectivity index (χ2n) is 10.0. The highest BCUT2D eigenvalue weighted by atomic mass is 32.2. The van der Waals surface area contributed by atoms with Gasteiger partial charge < -0.3 is 14.7 Å². The molecule has 0 saturated carbocycles. The molecule has 1 amide bonds. The number of furan rings is 1. The summed E-state index contributed by atoms with van der Waals surface area (Å²) in [5.74, 6) is -1.17. The van der Waals surface area contributed by atoms with Gasteiger partial charge in [-0.2, -0.15) is 0 Å². The van der Waals surface area contributed by atoms with E-state index in [9.17, 15) is 26.8 Å². The quantitative estimate of drug-likeness (QED) is 0.266. The van der Waals surface area contributed by atoms with Crippen LogP contribution < -0.4 is 15.2 Å². The third-order valence-corrected chi connectivity index (χ3v) is 8.37. The second-order valence-corrected chi connectivity index (χ2v) is 12.0. The van der Waals surface area contributed by atoms with E-state index in [1.165, 1.54) is 74.9 Å². The SMILES string of the molecule is CNC(=O)c1c(-c2ccc(F)cc2)oc2cc(N(C)S(C)(=O)=O)c(-c3cnc4nc(-c5cccc(F)c5)[nH]c(=O)c4c3)cc12. The Bertz CT molecular complexity index is 2280. The van der Waals surface area contributed by atoms with Crippen LogP contribution in [0.5, 0.6) is 0 Å². The van der Waals surface area contributed by atoms with Crippen LogP contribution in [0.4, 0.5) is 14.5 Å². The number of fused-ring (bicyclic) bond motifs is 2. The Morgan fingerprint density at radius 3 is 2.39 bits per heavy atom. The van der Waals surface area contributed by atoms with E-state index in [0.29, 0.717) is 27.6 Å². The normalized spacial score (nSPS) is 11.7. The molecule has 3 heterocycles. The number of nitrogens with one attached hydrogen (secondary N) is 2. The Morgan fingerprint density at radius 1 is 0.955 bits per heavy atom. The van der Waals surface area contributed by atoms with E-state index in [1.54, 1.807) is 12.1 Å². The van der Waals surface area contributed by atoms with Crippen LogP contribution in [0.1, 0.15) is 10.4 Å². The maximum Gasteiger partial charge on any atom is 0.260 e. The number of amides is 1. The summed E-state index contributed by atoms with van der Waals surface area (Å²) in [5, 5.41) is 3.03. The van der Waals surface area contributed by atoms with Crippen molar-refractivity contribution < 1.29 is 26.4 Å². The van der Waals surface area contributed by atoms with Gasteiger partial charge in [-0.3, -0.25) is 13.9 Å². The predicted molar refractivity (Wildman–Crippen MR) is 163 cm³/mol. The number of sulfonamides is 1. The smallest absolute Gasteiger partial charge is 0.260 e. The number of halogens is 2. The van der Waals surface area contributed by atoms with Gasteiger partial charge in [-0.05, 0) is 48.5 Å². The van der Waals surface area contributed by atoms with E-state index in [-0.39, 0.29) is 39.5 Å². The summed E-state index contributed by atoms with van der Waals surface area (Å²) in [6, 6.07) is 15.6. The van der Waals surface area contributed by atoms with E-state index in [1.807, 2.05) is 0 Å². The summed E-state index contributed by atoms with van der Waals surface area (Å²) in [6.07, 6.45) is 2.45. The highest BCUT2D eigenvalue weighted by molar-refractivity contribution is 7.92. The molecule has 0 saturated heterocycles. The summed E-state index contributed by atoms with van der Waals surface area (Å²) in [6.45, 7) is 0. The number of aromatic amines is 1. The monoisotopic (exact) mass is 615 g/mol. The molecular weight excluding hydrogens is 592 g/mol. The van der Waals surface area contributed by atoms with E-state index < -0.39 is 33.1 Å². The number of rotatable bonds is 6. The summed E-state index contributed by atoms with van der Waals surface area (Å²) >= 11 is 0. The van der Waals surface area contributed by atoms with Crippen molar-refractivity contribution in [3.8, 4) is 33.8 Å². The van der Waals surface area contributed by atoms with Crippen molar-refractivity contribution in [3.05, 3.63) is 100 Å². The Morgan fingerprint density at radius 2 is 1.70 bits per heavy atom. The molecule has 0 aliphatic heterocycles. The standard InChI is InChI=1S/C31H23F2N5O5S/c1-34-31(40)26-22-13-21(18-12-23-29(35-15-18)36-28(37-30(23)39)17-5-4-6-20(33)11-17)24(38(2)44(3,41)42)14-25(22)43-27(26)16-7-9-19(32)10-8-16/h4-15H,1-3H3,(H,34,40)(H,35,36,37,39). The predicted octanol–water partition coefficient (Wildman–Crippen LogP) is 5.10. The third kappa shape index (κ3) is 5.07. The van der Waals surface area contributed by atoms with Crippen molar-refractivity contribution in [2.75, 3.05) is 24.7 Å². The van der Waals surface area contributed by atoms with E-state index >= 15 is 0 Å². The molecule has 0 aliphatic rings. The van der Waals surface area contributed by atoms with Crippen LogP contribution in [-0.2, 0) is 10.0 Å². The Kier molecular flexibility index (Phi) is 6.97. The van der Waals surface area contributed by atoms with Gasteiger partial charge in [0.25, 0.3) is 11.5 Å². The van der Waals surface area contributed by atoms with Gasteiger partial charge in [0.05, 0.1) is 22.9 Å². The molecule has 0 atom stereocenters. The number of benzene rings is 3. The summed E-state index contributed by atoms with van der Waals surface area (Å²) in [7, 11) is -0.977. The number of pyridine rings is 1. The lowest BCUT2D eigenvalue weighted by atomic mass is 9.99. The largest absolute Gasteiger partial charge is 0.455 e. The van der Waals surface area contributed by atoms with Crippen LogP contribution in [0.15, 0.2) is 82.1 Å². The molecule has 44 heavy (non-hydrogen) atoms. The number of aromatic nitrogens is 3. The van der Waals surface area contributed by atoms with Gasteiger partial charge in [0, 0.05) is 54.0 Å². The molecule has 0 spiro atoms. The van der Waals surface area contributed by atoms with Gasteiger partial charge in [0.15, 0.2) is 5.65 Å². The highest BCUT2D eigenvalue weighted by Crippen LogP contribution is 2.41. The lowest BCUT2D eigenvalue weighted by molar-refractivity contribution is 0.0964. The van der Waals surface area contributed by atoms with Crippen molar-refractivity contribution in [1.82, 2.24) is 20.3 Å². The molecule has 222 valence electrons. The molecule has 0 bridgehead atoms. The average molecular weight is 616 g/mol. The minimum absolute atomic E-state index is 0.0869. The number of H-pyrrole nitrogens is 1. The number of carbonyl (C=O) groups excluding carboxylic acids is 1. The first-order valence-electron chi connectivity index (χ1n) is 13.1. The Labute approximate surface area is 249 Å². The van der Waals surface area contributed by atoms with E-state index in [4.69, 9.17) is 4.42 Å². The number of hydrogen-bond acceptors (Lipinski definition) is 7. The number of carbonyl (C=O) groups is 1. The van der Waals surface area contributed by atoms with Crippen LogP contribution in [0, 0.1) is 11.6 Å². The zero-order chi connectivity index (χ0) is 31.3. The van der Waals surface area contributed by atoms with Gasteiger partial charge in [-0.15, -0.1) is 0 Å². The first-order chi connectivity index (χ1) is 20.9. The Balaban J connectivity index is 1.60. The van der Waals surface area contributed by atoms with Crippen LogP contribution in [0.3, 0.4) is 0 Å². The molecule has 0 radical (unpaired) electrons. The first-order valence-corrected chi connectivity index (χ1v) is 15.0. The van der Waals surface area contributed by atoms with Gasteiger partial charge in [0.1, 0.15) is 28.8 Å². The summed E-state index contributed by atoms with van der Waals surface area (Å²) in [4.78, 5) is 37.7. The lowest BCUT2D eigenvalue weighted by Crippen LogP contribution is -2.25. The molecule has 13 heteroatoms. The number of anilines is 1. The summed E-state index contributed by atoms with van der Waals surface area (Å²) < 4.78 is 60.0. The molecule has 2 N–H and O–H groups in total. The fraction of sp³-hybridized carbons (Fsp3) is 0.0968. The molecular formula is C31H23F2N5O5S. The minimum Gasteiger partial charge on any atom is -0.455 e. The van der Waals surface area contributed by atoms with Crippen LogP contribution in [0.2, 0.25) is 0 Å².